The topological polar surface area (TPSA) is 79.5 Å². The maximum absolute atomic E-state index is 12.0. The maximum Gasteiger partial charge on any atom is 0.279 e. The molecule has 0 bridgehead atoms. The molecule has 0 aliphatic rings. The number of hydrogen-bond donors (Lipinski definition) is 3. The third-order valence-electron chi connectivity index (χ3n) is 2.68. The fourth-order valence-electron chi connectivity index (χ4n) is 1.60. The van der Waals surface area contributed by atoms with Crippen LogP contribution in [0.15, 0.2) is 35.7 Å². The number of carbonyl (C=O) groups is 2. The highest BCUT2D eigenvalue weighted by molar-refractivity contribution is 7.80. The molecule has 0 fully saturated rings. The van der Waals surface area contributed by atoms with Crippen LogP contribution >= 0.6 is 35.2 Å². The fraction of sp³-hybridized carbons (Fsp3) is 0.0714. The lowest BCUT2D eigenvalue weighted by molar-refractivity contribution is 0.0938. The van der Waals surface area contributed by atoms with Crippen LogP contribution in [0.1, 0.15) is 20.0 Å². The second kappa shape index (κ2) is 7.91. The summed E-state index contributed by atoms with van der Waals surface area (Å²) >= 11 is 12.2. The molecule has 1 aromatic carbocycles. The lowest BCUT2D eigenvalue weighted by Crippen LogP contribution is -2.48. The molecule has 9 heteroatoms. The summed E-state index contributed by atoms with van der Waals surface area (Å²) in [5.74, 6) is -0.339. The Morgan fingerprint density at radius 2 is 2.00 bits per heavy atom. The minimum absolute atomic E-state index is 0.0353. The van der Waals surface area contributed by atoms with Gasteiger partial charge in [-0.1, -0.05) is 17.7 Å². The molecule has 0 radical (unpaired) electrons. The molecule has 3 N–H and O–H groups in total. The molecule has 2 amide bonds. The van der Waals surface area contributed by atoms with Crippen LogP contribution in [0.2, 0.25) is 5.02 Å². The monoisotopic (exact) mass is 369 g/mol. The Bertz CT molecular complexity index is 735. The summed E-state index contributed by atoms with van der Waals surface area (Å²) in [7, 11) is 1.48. The summed E-state index contributed by atoms with van der Waals surface area (Å²) in [4.78, 5) is 24.3. The van der Waals surface area contributed by atoms with Crippen molar-refractivity contribution in [3.05, 3.63) is 51.2 Å². The molecular weight excluding hydrogens is 358 g/mol. The van der Waals surface area contributed by atoms with E-state index in [4.69, 9.17) is 28.6 Å². The van der Waals surface area contributed by atoms with Gasteiger partial charge in [-0.25, -0.2) is 0 Å². The minimum Gasteiger partial charge on any atom is -0.495 e. The number of halogens is 1. The van der Waals surface area contributed by atoms with Crippen LogP contribution in [-0.4, -0.2) is 24.0 Å². The molecule has 0 atom stereocenters. The first-order valence-corrected chi connectivity index (χ1v) is 7.96. The zero-order valence-electron chi connectivity index (χ0n) is 11.9. The highest BCUT2D eigenvalue weighted by Crippen LogP contribution is 2.24. The SMILES string of the molecule is COc1ccc(C(=O)NC(=S)NNC(=O)c2cccs2)cc1Cl. The number of thiocarbonyl (C=S) groups is 1. The number of ether oxygens (including phenoxy) is 1. The van der Waals surface area contributed by atoms with Gasteiger partial charge in [-0.05, 0) is 41.9 Å². The molecule has 0 aliphatic carbocycles. The largest absolute Gasteiger partial charge is 0.495 e. The van der Waals surface area contributed by atoms with Gasteiger partial charge in [0, 0.05) is 5.56 Å². The quantitative estimate of drug-likeness (QED) is 0.571. The molecule has 2 rings (SSSR count). The number of rotatable bonds is 3. The van der Waals surface area contributed by atoms with Gasteiger partial charge >= 0.3 is 0 Å². The van der Waals surface area contributed by atoms with Crippen LogP contribution in [0.5, 0.6) is 5.75 Å². The summed E-state index contributed by atoms with van der Waals surface area (Å²) in [6.45, 7) is 0. The highest BCUT2D eigenvalue weighted by Gasteiger charge is 2.12. The van der Waals surface area contributed by atoms with E-state index in [2.05, 4.69) is 16.2 Å². The van der Waals surface area contributed by atoms with Gasteiger partial charge < -0.3 is 4.74 Å². The van der Waals surface area contributed by atoms with Crippen molar-refractivity contribution in [3.8, 4) is 5.75 Å². The van der Waals surface area contributed by atoms with Crippen LogP contribution in [0.3, 0.4) is 0 Å². The molecule has 2 aromatic rings. The smallest absolute Gasteiger partial charge is 0.279 e. The van der Waals surface area contributed by atoms with E-state index in [0.717, 1.165) is 0 Å². The molecular formula is C14H12ClN3O3S2. The lowest BCUT2D eigenvalue weighted by atomic mass is 10.2. The van der Waals surface area contributed by atoms with Crippen molar-refractivity contribution in [2.75, 3.05) is 7.11 Å². The van der Waals surface area contributed by atoms with E-state index in [1.165, 1.54) is 24.5 Å². The molecule has 120 valence electrons. The Hall–Kier alpha value is -2.16. The lowest BCUT2D eigenvalue weighted by Gasteiger charge is -2.11. The average molecular weight is 370 g/mol. The third kappa shape index (κ3) is 4.65. The molecule has 0 aliphatic heterocycles. The summed E-state index contributed by atoms with van der Waals surface area (Å²) in [6.07, 6.45) is 0. The van der Waals surface area contributed by atoms with Crippen molar-refractivity contribution < 1.29 is 14.3 Å². The van der Waals surface area contributed by atoms with Crippen LogP contribution < -0.4 is 20.9 Å². The van der Waals surface area contributed by atoms with Crippen molar-refractivity contribution in [2.24, 2.45) is 0 Å². The fourth-order valence-corrected chi connectivity index (χ4v) is 2.62. The van der Waals surface area contributed by atoms with Gasteiger partial charge in [0.1, 0.15) is 5.75 Å². The van der Waals surface area contributed by atoms with Crippen molar-refractivity contribution >= 4 is 52.1 Å². The molecule has 1 aromatic heterocycles. The zero-order chi connectivity index (χ0) is 16.8. The van der Waals surface area contributed by atoms with Crippen molar-refractivity contribution in [1.82, 2.24) is 16.2 Å². The summed E-state index contributed by atoms with van der Waals surface area (Å²) in [5.41, 5.74) is 5.16. The third-order valence-corrected chi connectivity index (χ3v) is 4.04. The first kappa shape index (κ1) is 17.2. The molecule has 0 unspecified atom stereocenters. The first-order chi connectivity index (χ1) is 11.0. The van der Waals surface area contributed by atoms with Crippen LogP contribution in [-0.2, 0) is 0 Å². The first-order valence-electron chi connectivity index (χ1n) is 6.30. The van der Waals surface area contributed by atoms with Gasteiger partial charge in [-0.3, -0.25) is 25.8 Å². The van der Waals surface area contributed by atoms with Gasteiger partial charge in [0.2, 0.25) is 0 Å². The van der Waals surface area contributed by atoms with E-state index < -0.39 is 5.91 Å². The van der Waals surface area contributed by atoms with E-state index in [1.54, 1.807) is 29.6 Å². The Morgan fingerprint density at radius 3 is 2.61 bits per heavy atom. The van der Waals surface area contributed by atoms with Crippen LogP contribution in [0, 0.1) is 0 Å². The number of hydrogen-bond acceptors (Lipinski definition) is 5. The van der Waals surface area contributed by atoms with Gasteiger partial charge in [0.25, 0.3) is 11.8 Å². The molecule has 0 saturated heterocycles. The number of hydrazine groups is 1. The second-order valence-corrected chi connectivity index (χ2v) is 5.95. The van der Waals surface area contributed by atoms with E-state index in [9.17, 15) is 9.59 Å². The number of thiophene rings is 1. The van der Waals surface area contributed by atoms with E-state index in [-0.39, 0.29) is 11.0 Å². The van der Waals surface area contributed by atoms with E-state index in [1.807, 2.05) is 0 Å². The summed E-state index contributed by atoms with van der Waals surface area (Å²) in [6, 6.07) is 8.01. The Morgan fingerprint density at radius 1 is 1.22 bits per heavy atom. The van der Waals surface area contributed by atoms with Crippen molar-refractivity contribution in [2.45, 2.75) is 0 Å². The summed E-state index contributed by atoms with van der Waals surface area (Å²) < 4.78 is 5.01. The standard InChI is InChI=1S/C14H12ClN3O3S2/c1-21-10-5-4-8(7-9(10)15)12(19)16-14(22)18-17-13(20)11-3-2-6-23-11/h2-7H,1H3,(H,17,20)(H2,16,18,19,22). The van der Waals surface area contributed by atoms with E-state index >= 15 is 0 Å². The Labute approximate surface area is 146 Å². The van der Waals surface area contributed by atoms with Crippen LogP contribution in [0.25, 0.3) is 0 Å². The maximum atomic E-state index is 12.0. The Kier molecular flexibility index (Phi) is 5.91. The molecule has 1 heterocycles. The van der Waals surface area contributed by atoms with E-state index in [0.29, 0.717) is 21.2 Å². The van der Waals surface area contributed by atoms with Gasteiger partial charge in [0.05, 0.1) is 17.0 Å². The zero-order valence-corrected chi connectivity index (χ0v) is 14.3. The predicted molar refractivity (Wildman–Crippen MR) is 93.0 cm³/mol. The molecule has 0 spiro atoms. The second-order valence-electron chi connectivity index (χ2n) is 4.19. The van der Waals surface area contributed by atoms with Gasteiger partial charge in [0.15, 0.2) is 5.11 Å². The average Bonchev–Trinajstić information content (AvgIpc) is 3.07. The number of carbonyl (C=O) groups excluding carboxylic acids is 2. The summed E-state index contributed by atoms with van der Waals surface area (Å²) in [5, 5.41) is 4.49. The molecule has 0 saturated carbocycles. The molecule has 6 nitrogen and oxygen atoms in total. The number of amides is 2. The number of nitrogens with one attached hydrogen (secondary N) is 3. The van der Waals surface area contributed by atoms with Crippen LogP contribution in [0.4, 0.5) is 0 Å². The van der Waals surface area contributed by atoms with Crippen molar-refractivity contribution in [1.29, 1.82) is 0 Å². The molecule has 23 heavy (non-hydrogen) atoms. The highest BCUT2D eigenvalue weighted by atomic mass is 35.5. The Balaban J connectivity index is 1.88. The van der Waals surface area contributed by atoms with Crippen molar-refractivity contribution in [3.63, 3.8) is 0 Å². The predicted octanol–water partition coefficient (Wildman–Crippen LogP) is 2.36. The van der Waals surface area contributed by atoms with Gasteiger partial charge in [-0.2, -0.15) is 0 Å². The normalized spacial score (nSPS) is 9.83. The number of benzene rings is 1. The van der Waals surface area contributed by atoms with Gasteiger partial charge in [-0.15, -0.1) is 11.3 Å². The minimum atomic E-state index is -0.461. The number of methoxy groups -OCH3 is 1.